The number of aliphatic imine (C=N–C) groups is 1. The summed E-state index contributed by atoms with van der Waals surface area (Å²) in [5.74, 6) is 0.954. The summed E-state index contributed by atoms with van der Waals surface area (Å²) in [6.07, 6.45) is 0.237. The van der Waals surface area contributed by atoms with E-state index in [-0.39, 0.29) is 30.1 Å². The molecule has 1 N–H and O–H groups in total. The van der Waals surface area contributed by atoms with Crippen molar-refractivity contribution in [2.24, 2.45) is 4.99 Å². The number of hydrogen-bond acceptors (Lipinski definition) is 4. The van der Waals surface area contributed by atoms with Gasteiger partial charge in [-0.2, -0.15) is 0 Å². The Bertz CT molecular complexity index is 858. The number of nitrogens with one attached hydrogen (secondary N) is 1. The van der Waals surface area contributed by atoms with Crippen LogP contribution >= 0.6 is 24.0 Å². The average Bonchev–Trinajstić information content (AvgIpc) is 3.21. The van der Waals surface area contributed by atoms with Crippen LogP contribution in [0.1, 0.15) is 16.7 Å². The second-order valence-electron chi connectivity index (χ2n) is 8.79. The molecule has 2 fully saturated rings. The van der Waals surface area contributed by atoms with Gasteiger partial charge in [0.25, 0.3) is 0 Å². The number of morpholine rings is 1. The lowest BCUT2D eigenvalue weighted by Gasteiger charge is -2.36. The number of likely N-dealkylation sites (tertiary alicyclic amines) is 1. The molecule has 7 heteroatoms. The number of guanidine groups is 1. The van der Waals surface area contributed by atoms with E-state index in [1.807, 2.05) is 7.05 Å². The van der Waals surface area contributed by atoms with E-state index < -0.39 is 0 Å². The summed E-state index contributed by atoms with van der Waals surface area (Å²) in [6, 6.07) is 20.0. The maximum Gasteiger partial charge on any atom is 0.194 e. The van der Waals surface area contributed by atoms with Gasteiger partial charge in [0, 0.05) is 46.3 Å². The molecule has 0 aliphatic carbocycles. The molecule has 2 unspecified atom stereocenters. The van der Waals surface area contributed by atoms with Crippen LogP contribution in [0.5, 0.6) is 0 Å². The van der Waals surface area contributed by atoms with Gasteiger partial charge in [-0.25, -0.2) is 0 Å². The van der Waals surface area contributed by atoms with Crippen LogP contribution in [0.25, 0.3) is 0 Å². The Labute approximate surface area is 209 Å². The van der Waals surface area contributed by atoms with Crippen molar-refractivity contribution in [1.82, 2.24) is 20.0 Å². The van der Waals surface area contributed by atoms with Gasteiger partial charge in [0.15, 0.2) is 5.96 Å². The van der Waals surface area contributed by atoms with Crippen LogP contribution in [-0.4, -0.2) is 80.2 Å². The first-order valence-corrected chi connectivity index (χ1v) is 11.2. The molecule has 32 heavy (non-hydrogen) atoms. The van der Waals surface area contributed by atoms with E-state index in [1.54, 1.807) is 0 Å². The lowest BCUT2D eigenvalue weighted by molar-refractivity contribution is -0.0502. The molecule has 2 aliphatic rings. The maximum atomic E-state index is 6.13. The zero-order valence-corrected chi connectivity index (χ0v) is 21.7. The zero-order chi connectivity index (χ0) is 21.6. The Balaban J connectivity index is 0.00000289. The molecule has 4 rings (SSSR count). The Hall–Kier alpha value is -1.68. The molecule has 2 heterocycles. The second-order valence-corrected chi connectivity index (χ2v) is 8.79. The van der Waals surface area contributed by atoms with Crippen molar-refractivity contribution >= 4 is 29.9 Å². The summed E-state index contributed by atoms with van der Waals surface area (Å²) < 4.78 is 6.13. The topological polar surface area (TPSA) is 43.3 Å². The molecular weight excluding hydrogens is 513 g/mol. The molecule has 0 radical (unpaired) electrons. The first-order chi connectivity index (χ1) is 15.1. The second kappa shape index (κ2) is 12.0. The Morgan fingerprint density at radius 3 is 2.44 bits per heavy atom. The van der Waals surface area contributed by atoms with E-state index in [1.165, 1.54) is 16.7 Å². The van der Waals surface area contributed by atoms with Crippen LogP contribution in [-0.2, 0) is 24.4 Å². The minimum Gasteiger partial charge on any atom is -0.373 e. The quantitative estimate of drug-likeness (QED) is 0.341. The monoisotopic (exact) mass is 549 g/mol. The molecule has 2 aromatic rings. The van der Waals surface area contributed by atoms with E-state index in [2.05, 4.69) is 93.7 Å². The fraction of sp³-hybridized carbons (Fsp3) is 0.480. The molecule has 6 nitrogen and oxygen atoms in total. The number of fused-ring (bicyclic) bond motifs is 1. The number of benzene rings is 2. The van der Waals surface area contributed by atoms with Crippen molar-refractivity contribution in [3.63, 3.8) is 0 Å². The van der Waals surface area contributed by atoms with Gasteiger partial charge in [0.2, 0.25) is 0 Å². The number of rotatable bonds is 6. The highest BCUT2D eigenvalue weighted by atomic mass is 127. The minimum absolute atomic E-state index is 0. The van der Waals surface area contributed by atoms with Crippen molar-refractivity contribution in [3.05, 3.63) is 71.3 Å². The highest BCUT2D eigenvalue weighted by Gasteiger charge is 2.41. The van der Waals surface area contributed by atoms with E-state index in [0.29, 0.717) is 6.04 Å². The molecule has 2 aromatic carbocycles. The summed E-state index contributed by atoms with van der Waals surface area (Å²) in [5.41, 5.74) is 3.96. The predicted octanol–water partition coefficient (Wildman–Crippen LogP) is 3.03. The van der Waals surface area contributed by atoms with Gasteiger partial charge in [0.1, 0.15) is 0 Å². The lowest BCUT2D eigenvalue weighted by Crippen LogP contribution is -2.50. The Morgan fingerprint density at radius 2 is 1.75 bits per heavy atom. The van der Waals surface area contributed by atoms with Crippen LogP contribution in [0.3, 0.4) is 0 Å². The zero-order valence-electron chi connectivity index (χ0n) is 19.4. The first-order valence-electron chi connectivity index (χ1n) is 11.2. The molecule has 174 valence electrons. The van der Waals surface area contributed by atoms with Crippen LogP contribution in [0.2, 0.25) is 0 Å². The van der Waals surface area contributed by atoms with Gasteiger partial charge in [-0.15, -0.1) is 24.0 Å². The van der Waals surface area contributed by atoms with Gasteiger partial charge in [-0.3, -0.25) is 9.89 Å². The molecule has 2 atom stereocenters. The summed E-state index contributed by atoms with van der Waals surface area (Å²) in [5, 5.41) is 3.55. The number of ether oxygens (including phenoxy) is 1. The molecule has 0 bridgehead atoms. The molecule has 0 saturated carbocycles. The van der Waals surface area contributed by atoms with E-state index >= 15 is 0 Å². The molecular formula is C25H36IN5O. The molecule has 2 aliphatic heterocycles. The van der Waals surface area contributed by atoms with E-state index in [4.69, 9.17) is 4.74 Å². The highest BCUT2D eigenvalue weighted by Crippen LogP contribution is 2.24. The molecule has 2 saturated heterocycles. The fourth-order valence-corrected chi connectivity index (χ4v) is 4.59. The summed E-state index contributed by atoms with van der Waals surface area (Å²) in [4.78, 5) is 11.7. The predicted molar refractivity (Wildman–Crippen MR) is 141 cm³/mol. The first kappa shape index (κ1) is 25.0. The number of halogens is 1. The maximum absolute atomic E-state index is 6.13. The third kappa shape index (κ3) is 6.43. The number of nitrogens with zero attached hydrogens (tertiary/aromatic N) is 4. The van der Waals surface area contributed by atoms with Crippen molar-refractivity contribution < 1.29 is 4.74 Å². The Morgan fingerprint density at radius 1 is 1.03 bits per heavy atom. The van der Waals surface area contributed by atoms with Crippen molar-refractivity contribution in [2.45, 2.75) is 31.8 Å². The molecule has 0 amide bonds. The smallest absolute Gasteiger partial charge is 0.194 e. The van der Waals surface area contributed by atoms with Gasteiger partial charge in [0.05, 0.1) is 18.8 Å². The SMILES string of the molecule is CN=C(NCc1ccc(CN(C)C)cc1)N1CC2OCCN(Cc3ccccc3)C2C1.I. The van der Waals surface area contributed by atoms with E-state index in [0.717, 1.165) is 51.8 Å². The molecule has 0 aromatic heterocycles. The van der Waals surface area contributed by atoms with Crippen LogP contribution in [0.4, 0.5) is 0 Å². The van der Waals surface area contributed by atoms with Gasteiger partial charge in [-0.1, -0.05) is 54.6 Å². The van der Waals surface area contributed by atoms with Crippen LogP contribution < -0.4 is 5.32 Å². The van der Waals surface area contributed by atoms with Crippen LogP contribution in [0.15, 0.2) is 59.6 Å². The lowest BCUT2D eigenvalue weighted by atomic mass is 10.1. The highest BCUT2D eigenvalue weighted by molar-refractivity contribution is 14.0. The molecule has 0 spiro atoms. The van der Waals surface area contributed by atoms with Gasteiger partial charge >= 0.3 is 0 Å². The Kier molecular flexibility index (Phi) is 9.34. The van der Waals surface area contributed by atoms with Crippen LogP contribution in [0, 0.1) is 0 Å². The van der Waals surface area contributed by atoms with Crippen molar-refractivity contribution in [1.29, 1.82) is 0 Å². The average molecular weight is 550 g/mol. The van der Waals surface area contributed by atoms with Crippen molar-refractivity contribution in [3.8, 4) is 0 Å². The fourth-order valence-electron chi connectivity index (χ4n) is 4.59. The summed E-state index contributed by atoms with van der Waals surface area (Å²) >= 11 is 0. The van der Waals surface area contributed by atoms with Gasteiger partial charge in [-0.05, 0) is 30.8 Å². The van der Waals surface area contributed by atoms with Crippen molar-refractivity contribution in [2.75, 3.05) is 47.4 Å². The van der Waals surface area contributed by atoms with Gasteiger partial charge < -0.3 is 19.9 Å². The summed E-state index contributed by atoms with van der Waals surface area (Å²) in [6.45, 7) is 6.32. The largest absolute Gasteiger partial charge is 0.373 e. The standard InChI is InChI=1S/C25H35N5O.HI/c1-26-25(27-15-20-9-11-22(12-10-20)16-28(2)3)30-18-23-24(19-30)31-14-13-29(23)17-21-7-5-4-6-8-21;/h4-12,23-24H,13-19H2,1-3H3,(H,26,27);1H. The minimum atomic E-state index is 0. The van der Waals surface area contributed by atoms with E-state index in [9.17, 15) is 0 Å². The summed E-state index contributed by atoms with van der Waals surface area (Å²) in [7, 11) is 6.06. The third-order valence-corrected chi connectivity index (χ3v) is 6.13. The normalized spacial score (nSPS) is 21.4. The third-order valence-electron chi connectivity index (χ3n) is 6.13. The number of hydrogen-bond donors (Lipinski definition) is 1.